The number of unbranched alkanes of at least 4 members (excludes halogenated alkanes) is 7. The Morgan fingerprint density at radius 3 is 0.900 bits per heavy atom. The van der Waals surface area contributed by atoms with Gasteiger partial charge in [0.15, 0.2) is 0 Å². The molecule has 0 aliphatic carbocycles. The summed E-state index contributed by atoms with van der Waals surface area (Å²) in [6.45, 7) is 16.5. The Morgan fingerprint density at radius 1 is 0.400 bits per heavy atom. The topological polar surface area (TPSA) is 6.48 Å². The van der Waals surface area contributed by atoms with Gasteiger partial charge in [-0.3, -0.25) is 0 Å². The molecule has 0 bridgehead atoms. The van der Waals surface area contributed by atoms with Crippen LogP contribution in [-0.2, 0) is 0 Å². The molecule has 0 radical (unpaired) electrons. The molecule has 0 aromatic heterocycles. The van der Waals surface area contributed by atoms with Gasteiger partial charge in [-0.1, -0.05) is 66.2 Å². The zero-order valence-corrected chi connectivity index (χ0v) is 14.8. The van der Waals surface area contributed by atoms with Crippen LogP contribution in [0.5, 0.6) is 0 Å². The molecule has 0 aromatic carbocycles. The van der Waals surface area contributed by atoms with Crippen molar-refractivity contribution in [3.05, 3.63) is 0 Å². The summed E-state index contributed by atoms with van der Waals surface area (Å²) in [5, 5.41) is 0. The van der Waals surface area contributed by atoms with E-state index in [1.807, 2.05) is 0 Å². The highest BCUT2D eigenvalue weighted by molar-refractivity contribution is 4.55. The highest BCUT2D eigenvalue weighted by Crippen LogP contribution is 2.09. The first-order valence-corrected chi connectivity index (χ1v) is 9.23. The van der Waals surface area contributed by atoms with E-state index >= 15 is 0 Å². The second-order valence-corrected chi connectivity index (χ2v) is 5.88. The Labute approximate surface area is 128 Å². The zero-order chi connectivity index (χ0) is 15.1. The molecule has 20 heavy (non-hydrogen) atoms. The molecule has 0 atom stereocenters. The van der Waals surface area contributed by atoms with Crippen molar-refractivity contribution in [2.75, 3.05) is 39.3 Å². The molecule has 0 fully saturated rings. The monoisotopic (exact) mass is 284 g/mol. The summed E-state index contributed by atoms with van der Waals surface area (Å²) in [7, 11) is 0. The fraction of sp³-hybridized carbons (Fsp3) is 1.00. The molecule has 0 heterocycles. The summed E-state index contributed by atoms with van der Waals surface area (Å²) in [5.74, 6) is 0. The van der Waals surface area contributed by atoms with E-state index < -0.39 is 0 Å². The van der Waals surface area contributed by atoms with Crippen LogP contribution in [0.4, 0.5) is 0 Å². The van der Waals surface area contributed by atoms with E-state index in [9.17, 15) is 0 Å². The van der Waals surface area contributed by atoms with Crippen LogP contribution in [0, 0.1) is 0 Å². The molecule has 0 amide bonds. The molecule has 2 heteroatoms. The SMILES string of the molecule is CCN(CC)CCCCCCCCCCN(CC)CC. The lowest BCUT2D eigenvalue weighted by Gasteiger charge is -2.17. The van der Waals surface area contributed by atoms with Crippen LogP contribution in [0.3, 0.4) is 0 Å². The van der Waals surface area contributed by atoms with Crippen molar-refractivity contribution in [2.24, 2.45) is 0 Å². The van der Waals surface area contributed by atoms with Crippen molar-refractivity contribution in [3.63, 3.8) is 0 Å². The van der Waals surface area contributed by atoms with Crippen LogP contribution in [-0.4, -0.2) is 49.1 Å². The zero-order valence-electron chi connectivity index (χ0n) is 14.8. The van der Waals surface area contributed by atoms with E-state index in [0.717, 1.165) is 0 Å². The predicted octanol–water partition coefficient (Wildman–Crippen LogP) is 4.79. The van der Waals surface area contributed by atoms with Gasteiger partial charge in [-0.25, -0.2) is 0 Å². The van der Waals surface area contributed by atoms with E-state index in [-0.39, 0.29) is 0 Å². The molecule has 122 valence electrons. The van der Waals surface area contributed by atoms with Crippen molar-refractivity contribution < 1.29 is 0 Å². The van der Waals surface area contributed by atoms with Gasteiger partial charge in [-0.05, 0) is 52.1 Å². The second-order valence-electron chi connectivity index (χ2n) is 5.88. The lowest BCUT2D eigenvalue weighted by Crippen LogP contribution is -2.23. The van der Waals surface area contributed by atoms with Crippen LogP contribution in [0.2, 0.25) is 0 Å². The van der Waals surface area contributed by atoms with Crippen LogP contribution < -0.4 is 0 Å². The fourth-order valence-electron chi connectivity index (χ4n) is 2.81. The third kappa shape index (κ3) is 11.7. The van der Waals surface area contributed by atoms with Gasteiger partial charge in [0.25, 0.3) is 0 Å². The number of nitrogens with zero attached hydrogens (tertiary/aromatic N) is 2. The largest absolute Gasteiger partial charge is 0.304 e. The van der Waals surface area contributed by atoms with Crippen molar-refractivity contribution in [1.29, 1.82) is 0 Å². The minimum atomic E-state index is 1.21. The Hall–Kier alpha value is -0.0800. The minimum Gasteiger partial charge on any atom is -0.304 e. The van der Waals surface area contributed by atoms with E-state index in [1.165, 1.54) is 90.6 Å². The molecule has 0 spiro atoms. The minimum absolute atomic E-state index is 1.21. The molecule has 0 aliphatic rings. The first-order chi connectivity index (χ1) is 9.78. The molecule has 0 unspecified atom stereocenters. The van der Waals surface area contributed by atoms with Crippen LogP contribution in [0.25, 0.3) is 0 Å². The van der Waals surface area contributed by atoms with Gasteiger partial charge in [-0.15, -0.1) is 0 Å². The maximum Gasteiger partial charge on any atom is -0.00190 e. The van der Waals surface area contributed by atoms with Gasteiger partial charge in [0.1, 0.15) is 0 Å². The van der Waals surface area contributed by atoms with Gasteiger partial charge in [0.2, 0.25) is 0 Å². The number of rotatable bonds is 15. The van der Waals surface area contributed by atoms with Crippen LogP contribution >= 0.6 is 0 Å². The Balaban J connectivity index is 3.17. The molecule has 0 aromatic rings. The smallest absolute Gasteiger partial charge is 0.00190 e. The summed E-state index contributed by atoms with van der Waals surface area (Å²) >= 11 is 0. The summed E-state index contributed by atoms with van der Waals surface area (Å²) in [5.41, 5.74) is 0. The van der Waals surface area contributed by atoms with Crippen molar-refractivity contribution >= 4 is 0 Å². The van der Waals surface area contributed by atoms with Crippen molar-refractivity contribution in [2.45, 2.75) is 79.1 Å². The molecule has 0 N–H and O–H groups in total. The van der Waals surface area contributed by atoms with Crippen molar-refractivity contribution in [3.8, 4) is 0 Å². The second kappa shape index (κ2) is 15.3. The average molecular weight is 285 g/mol. The molecule has 0 aliphatic heterocycles. The summed E-state index contributed by atoms with van der Waals surface area (Å²) < 4.78 is 0. The normalized spacial score (nSPS) is 11.7. The number of hydrogen-bond donors (Lipinski definition) is 0. The molecule has 0 saturated carbocycles. The maximum absolute atomic E-state index is 2.53. The maximum atomic E-state index is 2.53. The Kier molecular flexibility index (Phi) is 15.3. The lowest BCUT2D eigenvalue weighted by atomic mass is 10.1. The van der Waals surface area contributed by atoms with E-state index in [4.69, 9.17) is 0 Å². The lowest BCUT2D eigenvalue weighted by molar-refractivity contribution is 0.293. The van der Waals surface area contributed by atoms with E-state index in [0.29, 0.717) is 0 Å². The first-order valence-electron chi connectivity index (χ1n) is 9.23. The number of hydrogen-bond acceptors (Lipinski definition) is 2. The molecule has 2 nitrogen and oxygen atoms in total. The highest BCUT2D eigenvalue weighted by atomic mass is 15.1. The van der Waals surface area contributed by atoms with Gasteiger partial charge in [-0.2, -0.15) is 0 Å². The molecule has 0 saturated heterocycles. The standard InChI is InChI=1S/C18H40N2/c1-5-19(6-2)17-15-13-11-9-10-12-14-16-18-20(7-3)8-4/h5-18H2,1-4H3. The molecule has 0 rings (SSSR count). The summed E-state index contributed by atoms with van der Waals surface area (Å²) in [4.78, 5) is 5.07. The molecular formula is C18H40N2. The van der Waals surface area contributed by atoms with Gasteiger partial charge in [0, 0.05) is 0 Å². The molecular weight excluding hydrogens is 244 g/mol. The Bertz CT molecular complexity index is 154. The van der Waals surface area contributed by atoms with Crippen LogP contribution in [0.1, 0.15) is 79.1 Å². The van der Waals surface area contributed by atoms with Crippen molar-refractivity contribution in [1.82, 2.24) is 9.80 Å². The van der Waals surface area contributed by atoms with Crippen LogP contribution in [0.15, 0.2) is 0 Å². The van der Waals surface area contributed by atoms with Gasteiger partial charge < -0.3 is 9.80 Å². The third-order valence-electron chi connectivity index (χ3n) is 4.49. The van der Waals surface area contributed by atoms with E-state index in [2.05, 4.69) is 37.5 Å². The highest BCUT2D eigenvalue weighted by Gasteiger charge is 1.99. The Morgan fingerprint density at radius 2 is 0.650 bits per heavy atom. The van der Waals surface area contributed by atoms with E-state index in [1.54, 1.807) is 0 Å². The fourth-order valence-corrected chi connectivity index (χ4v) is 2.81. The summed E-state index contributed by atoms with van der Waals surface area (Å²) in [6.07, 6.45) is 11.4. The van der Waals surface area contributed by atoms with Gasteiger partial charge >= 0.3 is 0 Å². The average Bonchev–Trinajstić information content (AvgIpc) is 2.49. The quantitative estimate of drug-likeness (QED) is 0.399. The summed E-state index contributed by atoms with van der Waals surface area (Å²) in [6, 6.07) is 0. The third-order valence-corrected chi connectivity index (χ3v) is 4.49. The first kappa shape index (κ1) is 19.9. The predicted molar refractivity (Wildman–Crippen MR) is 92.5 cm³/mol. The van der Waals surface area contributed by atoms with Gasteiger partial charge in [0.05, 0.1) is 0 Å².